The summed E-state index contributed by atoms with van der Waals surface area (Å²) in [6.45, 7) is 3.09. The lowest BCUT2D eigenvalue weighted by Gasteiger charge is -2.28. The van der Waals surface area contributed by atoms with Crippen LogP contribution in [0.25, 0.3) is 0 Å². The maximum atomic E-state index is 5.44. The number of nitrogens with one attached hydrogen (secondary N) is 1. The van der Waals surface area contributed by atoms with E-state index in [1.54, 1.807) is 11.3 Å². The normalized spacial score (nSPS) is 25.1. The molecular weight excluding hydrogens is 232 g/mol. The van der Waals surface area contributed by atoms with Crippen molar-refractivity contribution in [2.24, 2.45) is 0 Å². The zero-order chi connectivity index (χ0) is 12.1. The summed E-state index contributed by atoms with van der Waals surface area (Å²) in [5, 5.41) is 6.95. The van der Waals surface area contributed by atoms with Crippen molar-refractivity contribution in [1.82, 2.24) is 10.3 Å². The largest absolute Gasteiger partial charge is 0.381 e. The number of methoxy groups -OCH3 is 1. The molecule has 4 heteroatoms. The highest BCUT2D eigenvalue weighted by molar-refractivity contribution is 7.09. The molecule has 1 aromatic rings. The lowest BCUT2D eigenvalue weighted by molar-refractivity contribution is 0.0590. The van der Waals surface area contributed by atoms with Crippen LogP contribution in [0.3, 0.4) is 0 Å². The summed E-state index contributed by atoms with van der Waals surface area (Å²) < 4.78 is 5.44. The van der Waals surface area contributed by atoms with Crippen LogP contribution in [0.5, 0.6) is 0 Å². The highest BCUT2D eigenvalue weighted by Crippen LogP contribution is 2.20. The van der Waals surface area contributed by atoms with Gasteiger partial charge in [0.1, 0.15) is 0 Å². The number of thiazole rings is 1. The van der Waals surface area contributed by atoms with Gasteiger partial charge in [-0.15, -0.1) is 11.3 Å². The fraction of sp³-hybridized carbons (Fsp3) is 0.769. The van der Waals surface area contributed by atoms with E-state index < -0.39 is 0 Å². The molecule has 2 rings (SSSR count). The summed E-state index contributed by atoms with van der Waals surface area (Å²) in [5.41, 5.74) is 1.22. The molecule has 0 aromatic carbocycles. The monoisotopic (exact) mass is 254 g/mol. The van der Waals surface area contributed by atoms with Crippen LogP contribution in [-0.4, -0.2) is 30.8 Å². The highest BCUT2D eigenvalue weighted by atomic mass is 32.1. The molecule has 1 saturated carbocycles. The molecule has 1 fully saturated rings. The molecule has 0 saturated heterocycles. The number of hydrogen-bond acceptors (Lipinski definition) is 4. The molecule has 1 heterocycles. The highest BCUT2D eigenvalue weighted by Gasteiger charge is 2.20. The SMILES string of the molecule is COC1CCCC(NCCc2csc(C)n2)C1. The Hall–Kier alpha value is -0.450. The van der Waals surface area contributed by atoms with Crippen LogP contribution >= 0.6 is 11.3 Å². The Bertz CT molecular complexity index is 340. The topological polar surface area (TPSA) is 34.1 Å². The first-order chi connectivity index (χ1) is 8.28. The van der Waals surface area contributed by atoms with Crippen molar-refractivity contribution < 1.29 is 4.74 Å². The van der Waals surface area contributed by atoms with Crippen molar-refractivity contribution in [3.8, 4) is 0 Å². The van der Waals surface area contributed by atoms with Crippen molar-refractivity contribution in [1.29, 1.82) is 0 Å². The lowest BCUT2D eigenvalue weighted by atomic mass is 9.93. The average Bonchev–Trinajstić information content (AvgIpc) is 2.75. The molecule has 1 aromatic heterocycles. The Morgan fingerprint density at radius 2 is 2.41 bits per heavy atom. The molecular formula is C13H22N2OS. The van der Waals surface area contributed by atoms with Crippen molar-refractivity contribution in [2.45, 2.75) is 51.2 Å². The molecule has 1 aliphatic carbocycles. The summed E-state index contributed by atoms with van der Waals surface area (Å²) >= 11 is 1.74. The van der Waals surface area contributed by atoms with Crippen molar-refractivity contribution in [3.05, 3.63) is 16.1 Å². The van der Waals surface area contributed by atoms with E-state index in [0.717, 1.165) is 24.4 Å². The number of rotatable bonds is 5. The molecule has 0 aliphatic heterocycles. The van der Waals surface area contributed by atoms with Gasteiger partial charge in [0.05, 0.1) is 16.8 Å². The van der Waals surface area contributed by atoms with Gasteiger partial charge in [-0.3, -0.25) is 0 Å². The van der Waals surface area contributed by atoms with E-state index in [-0.39, 0.29) is 0 Å². The van der Waals surface area contributed by atoms with Gasteiger partial charge >= 0.3 is 0 Å². The minimum Gasteiger partial charge on any atom is -0.381 e. The van der Waals surface area contributed by atoms with E-state index in [0.29, 0.717) is 12.1 Å². The molecule has 1 N–H and O–H groups in total. The van der Waals surface area contributed by atoms with E-state index in [1.807, 2.05) is 7.11 Å². The second kappa shape index (κ2) is 6.47. The van der Waals surface area contributed by atoms with Crippen LogP contribution < -0.4 is 5.32 Å². The van der Waals surface area contributed by atoms with Crippen molar-refractivity contribution in [2.75, 3.05) is 13.7 Å². The molecule has 0 bridgehead atoms. The maximum Gasteiger partial charge on any atom is 0.0897 e. The van der Waals surface area contributed by atoms with E-state index in [1.165, 1.54) is 25.0 Å². The molecule has 2 unspecified atom stereocenters. The number of hydrogen-bond donors (Lipinski definition) is 1. The van der Waals surface area contributed by atoms with Gasteiger partial charge in [-0.25, -0.2) is 4.98 Å². The minimum absolute atomic E-state index is 0.461. The van der Waals surface area contributed by atoms with E-state index in [2.05, 4.69) is 22.6 Å². The van der Waals surface area contributed by atoms with Gasteiger partial charge in [-0.1, -0.05) is 0 Å². The van der Waals surface area contributed by atoms with Gasteiger partial charge in [0.15, 0.2) is 0 Å². The molecule has 0 spiro atoms. The fourth-order valence-electron chi connectivity index (χ4n) is 2.47. The Balaban J connectivity index is 1.68. The van der Waals surface area contributed by atoms with Crippen molar-refractivity contribution in [3.63, 3.8) is 0 Å². The van der Waals surface area contributed by atoms with Crippen LogP contribution in [0.15, 0.2) is 5.38 Å². The fourth-order valence-corrected chi connectivity index (χ4v) is 3.12. The molecule has 3 nitrogen and oxygen atoms in total. The summed E-state index contributed by atoms with van der Waals surface area (Å²) in [7, 11) is 1.82. The van der Waals surface area contributed by atoms with Crippen LogP contribution in [0.4, 0.5) is 0 Å². The van der Waals surface area contributed by atoms with Crippen LogP contribution in [-0.2, 0) is 11.2 Å². The quantitative estimate of drug-likeness (QED) is 0.877. The maximum absolute atomic E-state index is 5.44. The third-order valence-corrected chi connectivity index (χ3v) is 4.26. The first kappa shape index (κ1) is 13.0. The second-order valence-electron chi connectivity index (χ2n) is 4.78. The third kappa shape index (κ3) is 4.05. The first-order valence-corrected chi connectivity index (χ1v) is 7.33. The number of ether oxygens (including phenoxy) is 1. The zero-order valence-electron chi connectivity index (χ0n) is 10.7. The Kier molecular flexibility index (Phi) is 4.95. The molecule has 0 radical (unpaired) electrons. The smallest absolute Gasteiger partial charge is 0.0897 e. The Morgan fingerprint density at radius 1 is 1.53 bits per heavy atom. The third-order valence-electron chi connectivity index (χ3n) is 3.44. The van der Waals surface area contributed by atoms with Crippen molar-refractivity contribution >= 4 is 11.3 Å². The molecule has 17 heavy (non-hydrogen) atoms. The molecule has 0 amide bonds. The molecule has 2 atom stereocenters. The summed E-state index contributed by atoms with van der Waals surface area (Å²) in [6, 6.07) is 0.633. The average molecular weight is 254 g/mol. The lowest BCUT2D eigenvalue weighted by Crippen LogP contribution is -2.37. The summed E-state index contributed by atoms with van der Waals surface area (Å²) in [4.78, 5) is 4.48. The zero-order valence-corrected chi connectivity index (χ0v) is 11.6. The Labute approximate surface area is 108 Å². The number of nitrogens with zero attached hydrogens (tertiary/aromatic N) is 1. The van der Waals surface area contributed by atoms with Crippen LogP contribution in [0.2, 0.25) is 0 Å². The van der Waals surface area contributed by atoms with E-state index >= 15 is 0 Å². The van der Waals surface area contributed by atoms with Crippen LogP contribution in [0.1, 0.15) is 36.4 Å². The van der Waals surface area contributed by atoms with Gasteiger partial charge in [0.25, 0.3) is 0 Å². The number of aryl methyl sites for hydroxylation is 1. The summed E-state index contributed by atoms with van der Waals surface area (Å²) in [6.07, 6.45) is 6.45. The second-order valence-corrected chi connectivity index (χ2v) is 5.85. The minimum atomic E-state index is 0.461. The van der Waals surface area contributed by atoms with Gasteiger partial charge in [-0.05, 0) is 32.6 Å². The molecule has 96 valence electrons. The van der Waals surface area contributed by atoms with Gasteiger partial charge in [0.2, 0.25) is 0 Å². The van der Waals surface area contributed by atoms with E-state index in [9.17, 15) is 0 Å². The summed E-state index contributed by atoms with van der Waals surface area (Å²) in [5.74, 6) is 0. The predicted molar refractivity (Wildman–Crippen MR) is 71.6 cm³/mol. The predicted octanol–water partition coefficient (Wildman–Crippen LogP) is 2.54. The van der Waals surface area contributed by atoms with Gasteiger partial charge < -0.3 is 10.1 Å². The number of aromatic nitrogens is 1. The Morgan fingerprint density at radius 3 is 3.12 bits per heavy atom. The van der Waals surface area contributed by atoms with Crippen LogP contribution in [0, 0.1) is 6.92 Å². The van der Waals surface area contributed by atoms with Gasteiger partial charge in [0, 0.05) is 31.5 Å². The first-order valence-electron chi connectivity index (χ1n) is 6.45. The standard InChI is InChI=1S/C13H22N2OS/c1-10-15-12(9-17-10)6-7-14-11-4-3-5-13(8-11)16-2/h9,11,13-14H,3-8H2,1-2H3. The van der Waals surface area contributed by atoms with Gasteiger partial charge in [-0.2, -0.15) is 0 Å². The van der Waals surface area contributed by atoms with E-state index in [4.69, 9.17) is 4.74 Å². The molecule has 1 aliphatic rings.